The van der Waals surface area contributed by atoms with Gasteiger partial charge in [0.25, 0.3) is 5.91 Å². The molecule has 0 atom stereocenters. The number of rotatable bonds is 6. The predicted molar refractivity (Wildman–Crippen MR) is 108 cm³/mol. The first-order valence-electron chi connectivity index (χ1n) is 10.1. The second-order valence-corrected chi connectivity index (χ2v) is 7.88. The Labute approximate surface area is 170 Å². The molecule has 3 heterocycles. The maximum atomic E-state index is 12.9. The lowest BCUT2D eigenvalue weighted by Crippen LogP contribution is -2.38. The quantitative estimate of drug-likeness (QED) is 0.799. The molecule has 1 aliphatic heterocycles. The van der Waals surface area contributed by atoms with Crippen LogP contribution in [-0.2, 0) is 0 Å². The van der Waals surface area contributed by atoms with Gasteiger partial charge in [-0.3, -0.25) is 4.79 Å². The number of hydrogen-bond acceptors (Lipinski definition) is 7. The van der Waals surface area contributed by atoms with Crippen LogP contribution in [0, 0.1) is 12.8 Å². The van der Waals surface area contributed by atoms with Crippen LogP contribution in [0.5, 0.6) is 11.5 Å². The van der Waals surface area contributed by atoms with Gasteiger partial charge >= 0.3 is 0 Å². The SMILES string of the molecule is COc1cc(C(=O)N2CCC(c3nnc(N)cc3C)CC2)ncc1OCC1CC1. The fraction of sp³-hybridized carbons (Fsp3) is 0.524. The number of carbonyl (C=O) groups excluding carboxylic acids is 1. The first-order chi connectivity index (χ1) is 14.0. The van der Waals surface area contributed by atoms with E-state index in [0.29, 0.717) is 48.6 Å². The number of hydrogen-bond donors (Lipinski definition) is 1. The molecule has 0 spiro atoms. The molecule has 0 radical (unpaired) electrons. The van der Waals surface area contributed by atoms with Gasteiger partial charge in [0.15, 0.2) is 11.5 Å². The lowest BCUT2D eigenvalue weighted by Gasteiger charge is -2.32. The van der Waals surface area contributed by atoms with Crippen molar-refractivity contribution in [3.05, 3.63) is 35.3 Å². The number of amides is 1. The molecule has 1 saturated heterocycles. The van der Waals surface area contributed by atoms with Crippen molar-refractivity contribution in [1.29, 1.82) is 0 Å². The summed E-state index contributed by atoms with van der Waals surface area (Å²) in [5, 5.41) is 8.26. The zero-order valence-electron chi connectivity index (χ0n) is 16.9. The van der Waals surface area contributed by atoms with Crippen LogP contribution in [0.3, 0.4) is 0 Å². The molecule has 2 N–H and O–H groups in total. The third kappa shape index (κ3) is 4.41. The molecular formula is C21H27N5O3. The number of likely N-dealkylation sites (tertiary alicyclic amines) is 1. The number of pyridine rings is 1. The van der Waals surface area contributed by atoms with E-state index < -0.39 is 0 Å². The summed E-state index contributed by atoms with van der Waals surface area (Å²) in [6, 6.07) is 3.52. The third-order valence-electron chi connectivity index (χ3n) is 5.65. The Hall–Kier alpha value is -2.90. The van der Waals surface area contributed by atoms with Gasteiger partial charge in [-0.1, -0.05) is 0 Å². The second kappa shape index (κ2) is 8.23. The van der Waals surface area contributed by atoms with Crippen molar-refractivity contribution in [1.82, 2.24) is 20.1 Å². The molecule has 2 aliphatic rings. The monoisotopic (exact) mass is 397 g/mol. The highest BCUT2D eigenvalue weighted by Crippen LogP contribution is 2.33. The van der Waals surface area contributed by atoms with Gasteiger partial charge in [0, 0.05) is 25.1 Å². The van der Waals surface area contributed by atoms with Crippen molar-refractivity contribution >= 4 is 11.7 Å². The van der Waals surface area contributed by atoms with E-state index in [4.69, 9.17) is 15.2 Å². The normalized spacial score (nSPS) is 17.2. The summed E-state index contributed by atoms with van der Waals surface area (Å²) in [6.07, 6.45) is 5.69. The van der Waals surface area contributed by atoms with Crippen molar-refractivity contribution < 1.29 is 14.3 Å². The van der Waals surface area contributed by atoms with Gasteiger partial charge in [0.1, 0.15) is 11.5 Å². The molecule has 0 aromatic carbocycles. The summed E-state index contributed by atoms with van der Waals surface area (Å²) < 4.78 is 11.2. The number of anilines is 1. The van der Waals surface area contributed by atoms with E-state index in [2.05, 4.69) is 15.2 Å². The molecule has 1 amide bonds. The zero-order chi connectivity index (χ0) is 20.4. The van der Waals surface area contributed by atoms with Crippen molar-refractivity contribution in [3.8, 4) is 11.5 Å². The zero-order valence-corrected chi connectivity index (χ0v) is 16.9. The number of aromatic nitrogens is 3. The van der Waals surface area contributed by atoms with Gasteiger partial charge in [0.05, 0.1) is 25.6 Å². The van der Waals surface area contributed by atoms with Crippen LogP contribution < -0.4 is 15.2 Å². The number of nitrogens with zero attached hydrogens (tertiary/aromatic N) is 4. The standard InChI is InChI=1S/C21H27N5O3/c1-13-9-19(22)24-25-20(13)15-5-7-26(8-6-15)21(27)16-10-17(28-2)18(11-23-16)29-12-14-3-4-14/h9-11,14-15H,3-8,12H2,1-2H3,(H2,22,24). The highest BCUT2D eigenvalue weighted by molar-refractivity contribution is 5.93. The summed E-state index contributed by atoms with van der Waals surface area (Å²) in [4.78, 5) is 19.1. The van der Waals surface area contributed by atoms with Crippen molar-refractivity contribution in [2.45, 2.75) is 38.5 Å². The fourth-order valence-electron chi connectivity index (χ4n) is 3.74. The van der Waals surface area contributed by atoms with E-state index in [1.807, 2.05) is 17.9 Å². The van der Waals surface area contributed by atoms with Crippen molar-refractivity contribution in [2.24, 2.45) is 5.92 Å². The van der Waals surface area contributed by atoms with Crippen LogP contribution in [0.25, 0.3) is 0 Å². The van der Waals surface area contributed by atoms with Crippen LogP contribution in [0.1, 0.15) is 53.3 Å². The summed E-state index contributed by atoms with van der Waals surface area (Å²) >= 11 is 0. The Bertz CT molecular complexity index is 892. The summed E-state index contributed by atoms with van der Waals surface area (Å²) in [5.41, 5.74) is 8.11. The molecule has 0 bridgehead atoms. The predicted octanol–water partition coefficient (Wildman–Crippen LogP) is 2.58. The minimum atomic E-state index is -0.0874. The van der Waals surface area contributed by atoms with Crippen LogP contribution in [0.15, 0.2) is 18.3 Å². The lowest BCUT2D eigenvalue weighted by atomic mass is 9.91. The second-order valence-electron chi connectivity index (χ2n) is 7.88. The number of nitrogens with two attached hydrogens (primary N) is 1. The number of aryl methyl sites for hydroxylation is 1. The Morgan fingerprint density at radius 2 is 1.93 bits per heavy atom. The Kier molecular flexibility index (Phi) is 5.51. The molecule has 29 heavy (non-hydrogen) atoms. The Balaban J connectivity index is 1.39. The minimum Gasteiger partial charge on any atom is -0.493 e. The first-order valence-corrected chi connectivity index (χ1v) is 10.1. The minimum absolute atomic E-state index is 0.0874. The average molecular weight is 397 g/mol. The molecule has 1 aliphatic carbocycles. The van der Waals surface area contributed by atoms with Gasteiger partial charge < -0.3 is 20.1 Å². The molecule has 1 saturated carbocycles. The molecule has 2 aromatic rings. The smallest absolute Gasteiger partial charge is 0.272 e. The van der Waals surface area contributed by atoms with Crippen LogP contribution in [-0.4, -0.2) is 52.8 Å². The number of carbonyl (C=O) groups is 1. The molecule has 4 rings (SSSR count). The van der Waals surface area contributed by atoms with Crippen molar-refractivity contribution in [3.63, 3.8) is 0 Å². The molecular weight excluding hydrogens is 370 g/mol. The molecule has 2 aromatic heterocycles. The molecule has 8 heteroatoms. The number of piperidine rings is 1. The average Bonchev–Trinajstić information content (AvgIpc) is 3.56. The van der Waals surface area contributed by atoms with E-state index >= 15 is 0 Å². The van der Waals surface area contributed by atoms with Crippen LogP contribution >= 0.6 is 0 Å². The topological polar surface area (TPSA) is 103 Å². The van der Waals surface area contributed by atoms with Gasteiger partial charge in [-0.05, 0) is 50.2 Å². The van der Waals surface area contributed by atoms with E-state index in [1.165, 1.54) is 12.8 Å². The Morgan fingerprint density at radius 3 is 2.59 bits per heavy atom. The molecule has 2 fully saturated rings. The van der Waals surface area contributed by atoms with E-state index in [9.17, 15) is 4.79 Å². The van der Waals surface area contributed by atoms with Crippen LogP contribution in [0.4, 0.5) is 5.82 Å². The summed E-state index contributed by atoms with van der Waals surface area (Å²) in [6.45, 7) is 3.98. The van der Waals surface area contributed by atoms with E-state index in [1.54, 1.807) is 19.4 Å². The van der Waals surface area contributed by atoms with Crippen LogP contribution in [0.2, 0.25) is 0 Å². The Morgan fingerprint density at radius 1 is 1.17 bits per heavy atom. The lowest BCUT2D eigenvalue weighted by molar-refractivity contribution is 0.0705. The number of nitrogen functional groups attached to an aromatic ring is 1. The number of methoxy groups -OCH3 is 1. The highest BCUT2D eigenvalue weighted by Gasteiger charge is 2.28. The van der Waals surface area contributed by atoms with Gasteiger partial charge in [-0.15, -0.1) is 5.10 Å². The van der Waals surface area contributed by atoms with E-state index in [-0.39, 0.29) is 11.8 Å². The largest absolute Gasteiger partial charge is 0.493 e. The highest BCUT2D eigenvalue weighted by atomic mass is 16.5. The fourth-order valence-corrected chi connectivity index (χ4v) is 3.74. The molecule has 154 valence electrons. The van der Waals surface area contributed by atoms with Gasteiger partial charge in [-0.25, -0.2) is 4.98 Å². The van der Waals surface area contributed by atoms with E-state index in [0.717, 1.165) is 24.1 Å². The number of ether oxygens (including phenoxy) is 2. The maximum Gasteiger partial charge on any atom is 0.272 e. The van der Waals surface area contributed by atoms with Gasteiger partial charge in [0.2, 0.25) is 0 Å². The van der Waals surface area contributed by atoms with Gasteiger partial charge in [-0.2, -0.15) is 5.10 Å². The summed E-state index contributed by atoms with van der Waals surface area (Å²) in [7, 11) is 1.58. The first kappa shape index (κ1) is 19.4. The molecule has 0 unspecified atom stereocenters. The third-order valence-corrected chi connectivity index (χ3v) is 5.65. The summed E-state index contributed by atoms with van der Waals surface area (Å²) in [5.74, 6) is 2.40. The maximum absolute atomic E-state index is 12.9. The van der Waals surface area contributed by atoms with Crippen molar-refractivity contribution in [2.75, 3.05) is 32.5 Å². The molecule has 8 nitrogen and oxygen atoms in total.